The maximum atomic E-state index is 13.8. The highest BCUT2D eigenvalue weighted by Crippen LogP contribution is 2.27. The number of para-hydroxylation sites is 1. The molecule has 2 amide bonds. The molecule has 2 aromatic carbocycles. The lowest BCUT2D eigenvalue weighted by Crippen LogP contribution is -2.44. The van der Waals surface area contributed by atoms with Gasteiger partial charge in [-0.15, -0.1) is 5.10 Å². The smallest absolute Gasteiger partial charge is 0.247 e. The number of nitrogens with one attached hydrogen (secondary N) is 1. The van der Waals surface area contributed by atoms with E-state index in [1.165, 1.54) is 22.1 Å². The van der Waals surface area contributed by atoms with Crippen LogP contribution in [0.4, 0.5) is 0 Å². The molecule has 5 rings (SSSR count). The van der Waals surface area contributed by atoms with Gasteiger partial charge in [-0.1, -0.05) is 29.5 Å². The molecule has 0 spiro atoms. The van der Waals surface area contributed by atoms with E-state index in [4.69, 9.17) is 13.6 Å². The number of benzene rings is 2. The van der Waals surface area contributed by atoms with E-state index in [9.17, 15) is 9.59 Å². The van der Waals surface area contributed by atoms with Crippen molar-refractivity contribution in [2.75, 3.05) is 7.11 Å². The van der Waals surface area contributed by atoms with Gasteiger partial charge in [0.2, 0.25) is 11.8 Å². The molecule has 0 aliphatic heterocycles. The van der Waals surface area contributed by atoms with E-state index in [-0.39, 0.29) is 31.4 Å². The largest absolute Gasteiger partial charge is 0.497 e. The summed E-state index contributed by atoms with van der Waals surface area (Å²) in [4.78, 5) is 28.9. The third-order valence-corrected chi connectivity index (χ3v) is 5.94. The molecule has 0 saturated carbocycles. The molecule has 0 aliphatic rings. The first-order valence-electron chi connectivity index (χ1n) is 11.7. The number of furan rings is 2. The summed E-state index contributed by atoms with van der Waals surface area (Å²) in [5, 5.41) is 11.2. The van der Waals surface area contributed by atoms with Crippen molar-refractivity contribution < 1.29 is 23.2 Å². The van der Waals surface area contributed by atoms with E-state index in [1.54, 1.807) is 55.6 Å². The first-order valence-corrected chi connectivity index (χ1v) is 11.7. The first-order chi connectivity index (χ1) is 18.1. The molecule has 1 atom stereocenters. The van der Waals surface area contributed by atoms with E-state index in [0.717, 1.165) is 5.52 Å². The number of fused-ring (bicyclic) bond motifs is 1. The Kier molecular flexibility index (Phi) is 6.98. The molecule has 37 heavy (non-hydrogen) atoms. The molecule has 0 saturated heterocycles. The van der Waals surface area contributed by atoms with E-state index < -0.39 is 6.04 Å². The number of amides is 2. The van der Waals surface area contributed by atoms with Gasteiger partial charge < -0.3 is 23.8 Å². The number of carbonyl (C=O) groups is 2. The molecule has 0 radical (unpaired) electrons. The lowest BCUT2D eigenvalue weighted by atomic mass is 10.0. The van der Waals surface area contributed by atoms with Crippen molar-refractivity contribution in [3.63, 3.8) is 0 Å². The van der Waals surface area contributed by atoms with Gasteiger partial charge in [0.25, 0.3) is 0 Å². The van der Waals surface area contributed by atoms with Crippen LogP contribution in [0, 0.1) is 0 Å². The van der Waals surface area contributed by atoms with Gasteiger partial charge in [0, 0.05) is 0 Å². The van der Waals surface area contributed by atoms with E-state index in [2.05, 4.69) is 15.6 Å². The molecule has 3 aromatic heterocycles. The Bertz CT molecular complexity index is 1460. The Balaban J connectivity index is 1.49. The second-order valence-corrected chi connectivity index (χ2v) is 8.31. The number of hydrogen-bond acceptors (Lipinski definition) is 7. The van der Waals surface area contributed by atoms with Crippen molar-refractivity contribution in [2.45, 2.75) is 25.7 Å². The van der Waals surface area contributed by atoms with Gasteiger partial charge in [0.1, 0.15) is 35.4 Å². The SMILES string of the molecule is COc1ccc(C(C(=O)NCc2ccco2)N(Cc2ccco2)C(=O)Cn2nnc3ccccc32)cc1. The van der Waals surface area contributed by atoms with Crippen LogP contribution >= 0.6 is 0 Å². The minimum atomic E-state index is -0.965. The molecule has 0 bridgehead atoms. The van der Waals surface area contributed by atoms with Crippen molar-refractivity contribution in [1.82, 2.24) is 25.2 Å². The minimum Gasteiger partial charge on any atom is -0.497 e. The Morgan fingerprint density at radius 2 is 1.70 bits per heavy atom. The quantitative estimate of drug-likeness (QED) is 0.311. The van der Waals surface area contributed by atoms with Crippen LogP contribution in [0.15, 0.2) is 94.2 Å². The molecular formula is C27H25N5O5. The van der Waals surface area contributed by atoms with Gasteiger partial charge in [-0.3, -0.25) is 9.59 Å². The molecule has 188 valence electrons. The molecule has 0 fully saturated rings. The van der Waals surface area contributed by atoms with Crippen LogP contribution in [0.3, 0.4) is 0 Å². The maximum Gasteiger partial charge on any atom is 0.247 e. The summed E-state index contributed by atoms with van der Waals surface area (Å²) in [6.07, 6.45) is 3.07. The lowest BCUT2D eigenvalue weighted by molar-refractivity contribution is -0.142. The number of aromatic nitrogens is 3. The number of carbonyl (C=O) groups excluding carboxylic acids is 2. The van der Waals surface area contributed by atoms with E-state index in [1.807, 2.05) is 24.3 Å². The van der Waals surface area contributed by atoms with Crippen LogP contribution in [0.1, 0.15) is 23.1 Å². The predicted molar refractivity (Wildman–Crippen MR) is 133 cm³/mol. The van der Waals surface area contributed by atoms with Gasteiger partial charge in [0.05, 0.1) is 38.2 Å². The molecule has 10 nitrogen and oxygen atoms in total. The summed E-state index contributed by atoms with van der Waals surface area (Å²) in [6, 6.07) is 20.5. The Morgan fingerprint density at radius 1 is 0.973 bits per heavy atom. The number of nitrogens with zero attached hydrogens (tertiary/aromatic N) is 4. The molecule has 10 heteroatoms. The third kappa shape index (κ3) is 5.37. The third-order valence-electron chi connectivity index (χ3n) is 5.94. The topological polar surface area (TPSA) is 116 Å². The van der Waals surface area contributed by atoms with Crippen LogP contribution < -0.4 is 10.1 Å². The number of methoxy groups -OCH3 is 1. The summed E-state index contributed by atoms with van der Waals surface area (Å²) in [6.45, 7) is 0.137. The summed E-state index contributed by atoms with van der Waals surface area (Å²) in [5.41, 5.74) is 2.01. The highest BCUT2D eigenvalue weighted by atomic mass is 16.5. The minimum absolute atomic E-state index is 0.0727. The number of ether oxygens (including phenoxy) is 1. The van der Waals surface area contributed by atoms with Crippen LogP contribution in [-0.4, -0.2) is 38.8 Å². The Morgan fingerprint density at radius 3 is 2.41 bits per heavy atom. The van der Waals surface area contributed by atoms with Crippen LogP contribution in [0.25, 0.3) is 11.0 Å². The van der Waals surface area contributed by atoms with Crippen LogP contribution in [0.2, 0.25) is 0 Å². The lowest BCUT2D eigenvalue weighted by Gasteiger charge is -2.31. The van der Waals surface area contributed by atoms with Crippen molar-refractivity contribution in [3.8, 4) is 5.75 Å². The predicted octanol–water partition coefficient (Wildman–Crippen LogP) is 3.71. The fraction of sp³-hybridized carbons (Fsp3) is 0.185. The zero-order chi connectivity index (χ0) is 25.6. The second kappa shape index (κ2) is 10.8. The molecule has 3 heterocycles. The maximum absolute atomic E-state index is 13.8. The van der Waals surface area contributed by atoms with Gasteiger partial charge in [0.15, 0.2) is 0 Å². The van der Waals surface area contributed by atoms with Crippen molar-refractivity contribution in [3.05, 3.63) is 102 Å². The standard InChI is InChI=1S/C27H25N5O5/c1-35-20-12-10-19(11-13-20)26(27(34)28-16-21-6-4-14-36-21)31(17-22-7-5-15-37-22)25(33)18-32-24-9-3-2-8-23(24)29-30-32/h2-15,26H,16-18H2,1H3,(H,28,34). The fourth-order valence-electron chi connectivity index (χ4n) is 4.09. The second-order valence-electron chi connectivity index (χ2n) is 8.31. The van der Waals surface area contributed by atoms with Crippen LogP contribution in [0.5, 0.6) is 5.75 Å². The van der Waals surface area contributed by atoms with Crippen molar-refractivity contribution in [2.24, 2.45) is 0 Å². The average Bonchev–Trinajstić information content (AvgIpc) is 3.71. The monoisotopic (exact) mass is 499 g/mol. The van der Waals surface area contributed by atoms with E-state index >= 15 is 0 Å². The Hall–Kier alpha value is -4.86. The molecular weight excluding hydrogens is 474 g/mol. The molecule has 1 N–H and O–H groups in total. The summed E-state index contributed by atoms with van der Waals surface area (Å²) in [7, 11) is 1.57. The van der Waals surface area contributed by atoms with Crippen molar-refractivity contribution in [1.29, 1.82) is 0 Å². The van der Waals surface area contributed by atoms with Gasteiger partial charge in [-0.05, 0) is 54.1 Å². The summed E-state index contributed by atoms with van der Waals surface area (Å²) >= 11 is 0. The Labute approximate surface area is 212 Å². The molecule has 1 unspecified atom stereocenters. The van der Waals surface area contributed by atoms with Gasteiger partial charge in [-0.2, -0.15) is 0 Å². The zero-order valence-corrected chi connectivity index (χ0v) is 20.1. The normalized spacial score (nSPS) is 11.8. The zero-order valence-electron chi connectivity index (χ0n) is 20.1. The average molecular weight is 500 g/mol. The van der Waals surface area contributed by atoms with Gasteiger partial charge >= 0.3 is 0 Å². The first kappa shape index (κ1) is 23.9. The summed E-state index contributed by atoms with van der Waals surface area (Å²) in [5.74, 6) is 1.07. The van der Waals surface area contributed by atoms with Crippen molar-refractivity contribution >= 4 is 22.8 Å². The fourth-order valence-corrected chi connectivity index (χ4v) is 4.09. The highest BCUT2D eigenvalue weighted by Gasteiger charge is 2.33. The molecule has 5 aromatic rings. The van der Waals surface area contributed by atoms with E-state index in [0.29, 0.717) is 28.4 Å². The van der Waals surface area contributed by atoms with Gasteiger partial charge in [-0.25, -0.2) is 4.68 Å². The number of hydrogen-bond donors (Lipinski definition) is 1. The summed E-state index contributed by atoms with van der Waals surface area (Å²) < 4.78 is 17.7. The number of rotatable bonds is 10. The highest BCUT2D eigenvalue weighted by molar-refractivity contribution is 5.89. The molecule has 0 aliphatic carbocycles. The van der Waals surface area contributed by atoms with Crippen LogP contribution in [-0.2, 0) is 29.2 Å².